The summed E-state index contributed by atoms with van der Waals surface area (Å²) in [4.78, 5) is 4.95. The number of hydrogen-bond donors (Lipinski definition) is 0. The first-order valence-corrected chi connectivity index (χ1v) is 6.80. The highest BCUT2D eigenvalue weighted by molar-refractivity contribution is 5.28. The molecule has 2 aliphatic rings. The standard InChI is InChI=1S/C14H22N2/c1-4-11-5-6-12-14(11)15-13-8-9(2)7-10(3)16(12)13/h9-11H,4-8H2,1-3H3. The van der Waals surface area contributed by atoms with Crippen molar-refractivity contribution >= 4 is 0 Å². The number of aromatic nitrogens is 2. The highest BCUT2D eigenvalue weighted by atomic mass is 15.1. The maximum absolute atomic E-state index is 4.95. The average molecular weight is 218 g/mol. The minimum absolute atomic E-state index is 0.672. The largest absolute Gasteiger partial charge is 0.329 e. The summed E-state index contributed by atoms with van der Waals surface area (Å²) in [5, 5.41) is 0. The molecule has 16 heavy (non-hydrogen) atoms. The van der Waals surface area contributed by atoms with Gasteiger partial charge in [0.25, 0.3) is 0 Å². The summed E-state index contributed by atoms with van der Waals surface area (Å²) in [5.41, 5.74) is 3.01. The van der Waals surface area contributed by atoms with Crippen molar-refractivity contribution in [2.24, 2.45) is 5.92 Å². The molecule has 3 rings (SSSR count). The van der Waals surface area contributed by atoms with Gasteiger partial charge in [-0.2, -0.15) is 0 Å². The van der Waals surface area contributed by atoms with Crippen molar-refractivity contribution < 1.29 is 0 Å². The van der Waals surface area contributed by atoms with Crippen LogP contribution in [-0.2, 0) is 12.8 Å². The minimum atomic E-state index is 0.672. The monoisotopic (exact) mass is 218 g/mol. The van der Waals surface area contributed by atoms with Gasteiger partial charge in [0.1, 0.15) is 5.82 Å². The van der Waals surface area contributed by atoms with E-state index in [0.717, 1.165) is 11.8 Å². The molecular formula is C14H22N2. The van der Waals surface area contributed by atoms with Crippen molar-refractivity contribution in [1.82, 2.24) is 9.55 Å². The highest BCUT2D eigenvalue weighted by Crippen LogP contribution is 2.40. The van der Waals surface area contributed by atoms with Crippen LogP contribution in [0.4, 0.5) is 0 Å². The maximum atomic E-state index is 4.95. The van der Waals surface area contributed by atoms with E-state index in [1.54, 1.807) is 5.69 Å². The second kappa shape index (κ2) is 3.61. The molecule has 0 bridgehead atoms. The van der Waals surface area contributed by atoms with E-state index in [4.69, 9.17) is 4.98 Å². The predicted molar refractivity (Wildman–Crippen MR) is 65.8 cm³/mol. The fourth-order valence-electron chi connectivity index (χ4n) is 3.70. The van der Waals surface area contributed by atoms with Gasteiger partial charge in [0.05, 0.1) is 5.69 Å². The van der Waals surface area contributed by atoms with Crippen molar-refractivity contribution in [3.05, 3.63) is 17.2 Å². The summed E-state index contributed by atoms with van der Waals surface area (Å²) in [6.45, 7) is 7.02. The second-order valence-electron chi connectivity index (χ2n) is 5.77. The molecule has 2 heterocycles. The molecular weight excluding hydrogens is 196 g/mol. The van der Waals surface area contributed by atoms with Gasteiger partial charge in [0.15, 0.2) is 0 Å². The third-order valence-electron chi connectivity index (χ3n) is 4.44. The molecule has 3 atom stereocenters. The molecule has 1 aromatic heterocycles. The summed E-state index contributed by atoms with van der Waals surface area (Å²) < 4.78 is 2.56. The van der Waals surface area contributed by atoms with E-state index in [-0.39, 0.29) is 0 Å². The molecule has 0 spiro atoms. The molecule has 0 N–H and O–H groups in total. The molecule has 1 aromatic rings. The van der Waals surface area contributed by atoms with Crippen LogP contribution in [0.1, 0.15) is 69.2 Å². The van der Waals surface area contributed by atoms with Crippen molar-refractivity contribution in [2.75, 3.05) is 0 Å². The summed E-state index contributed by atoms with van der Waals surface area (Å²) in [5.74, 6) is 2.93. The number of imidazole rings is 1. The van der Waals surface area contributed by atoms with Gasteiger partial charge < -0.3 is 4.57 Å². The number of rotatable bonds is 1. The van der Waals surface area contributed by atoms with Crippen LogP contribution in [0.15, 0.2) is 0 Å². The number of fused-ring (bicyclic) bond motifs is 3. The maximum Gasteiger partial charge on any atom is 0.109 e. The Bertz CT molecular complexity index is 405. The molecule has 3 unspecified atom stereocenters. The van der Waals surface area contributed by atoms with Crippen LogP contribution >= 0.6 is 0 Å². The molecule has 2 nitrogen and oxygen atoms in total. The molecule has 1 aliphatic heterocycles. The van der Waals surface area contributed by atoms with Crippen LogP contribution in [0.5, 0.6) is 0 Å². The molecule has 0 amide bonds. The molecule has 0 saturated heterocycles. The Labute approximate surface area is 98.1 Å². The van der Waals surface area contributed by atoms with Crippen molar-refractivity contribution in [3.8, 4) is 0 Å². The van der Waals surface area contributed by atoms with Gasteiger partial charge in [-0.25, -0.2) is 4.98 Å². The lowest BCUT2D eigenvalue weighted by molar-refractivity contribution is 0.336. The van der Waals surface area contributed by atoms with E-state index < -0.39 is 0 Å². The van der Waals surface area contributed by atoms with E-state index in [1.165, 1.54) is 43.6 Å². The van der Waals surface area contributed by atoms with E-state index in [1.807, 2.05) is 0 Å². The molecule has 0 saturated carbocycles. The average Bonchev–Trinajstić information content (AvgIpc) is 2.74. The first-order valence-electron chi connectivity index (χ1n) is 6.80. The van der Waals surface area contributed by atoms with Crippen molar-refractivity contribution in [3.63, 3.8) is 0 Å². The molecule has 1 aliphatic carbocycles. The lowest BCUT2D eigenvalue weighted by Gasteiger charge is -2.28. The van der Waals surface area contributed by atoms with Crippen molar-refractivity contribution in [1.29, 1.82) is 0 Å². The van der Waals surface area contributed by atoms with Gasteiger partial charge in [0.2, 0.25) is 0 Å². The van der Waals surface area contributed by atoms with E-state index >= 15 is 0 Å². The van der Waals surface area contributed by atoms with Crippen LogP contribution in [0.3, 0.4) is 0 Å². The summed E-state index contributed by atoms with van der Waals surface area (Å²) in [6.07, 6.45) is 6.37. The van der Waals surface area contributed by atoms with Gasteiger partial charge in [-0.1, -0.05) is 13.8 Å². The van der Waals surface area contributed by atoms with Crippen LogP contribution in [0, 0.1) is 5.92 Å². The topological polar surface area (TPSA) is 17.8 Å². The van der Waals surface area contributed by atoms with Gasteiger partial charge in [-0.3, -0.25) is 0 Å². The van der Waals surface area contributed by atoms with Crippen LogP contribution in [-0.4, -0.2) is 9.55 Å². The fourth-order valence-corrected chi connectivity index (χ4v) is 3.70. The predicted octanol–water partition coefficient (Wildman–Crippen LogP) is 3.47. The Kier molecular flexibility index (Phi) is 2.34. The molecule has 0 fully saturated rings. The second-order valence-corrected chi connectivity index (χ2v) is 5.77. The van der Waals surface area contributed by atoms with E-state index in [2.05, 4.69) is 25.3 Å². The van der Waals surface area contributed by atoms with Crippen LogP contribution in [0.2, 0.25) is 0 Å². The Balaban J connectivity index is 2.06. The third kappa shape index (κ3) is 1.35. The SMILES string of the molecule is CCC1CCc2c1nc1n2C(C)CC(C)C1. The zero-order chi connectivity index (χ0) is 11.3. The summed E-state index contributed by atoms with van der Waals surface area (Å²) in [7, 11) is 0. The van der Waals surface area contributed by atoms with E-state index in [0.29, 0.717) is 6.04 Å². The smallest absolute Gasteiger partial charge is 0.109 e. The van der Waals surface area contributed by atoms with E-state index in [9.17, 15) is 0 Å². The summed E-state index contributed by atoms with van der Waals surface area (Å²) >= 11 is 0. The van der Waals surface area contributed by atoms with Gasteiger partial charge in [0, 0.05) is 24.1 Å². The molecule has 88 valence electrons. The summed E-state index contributed by atoms with van der Waals surface area (Å²) in [6, 6.07) is 0.672. The van der Waals surface area contributed by atoms with Gasteiger partial charge in [-0.05, 0) is 38.5 Å². The Morgan fingerprint density at radius 2 is 2.19 bits per heavy atom. The normalized spacial score (nSPS) is 32.6. The fraction of sp³-hybridized carbons (Fsp3) is 0.786. The third-order valence-corrected chi connectivity index (χ3v) is 4.44. The zero-order valence-electron chi connectivity index (χ0n) is 10.7. The van der Waals surface area contributed by atoms with Gasteiger partial charge >= 0.3 is 0 Å². The highest BCUT2D eigenvalue weighted by Gasteiger charge is 2.33. The van der Waals surface area contributed by atoms with Gasteiger partial charge in [-0.15, -0.1) is 0 Å². The molecule has 0 radical (unpaired) electrons. The Morgan fingerprint density at radius 1 is 1.38 bits per heavy atom. The first-order chi connectivity index (χ1) is 7.70. The van der Waals surface area contributed by atoms with Crippen LogP contribution < -0.4 is 0 Å². The van der Waals surface area contributed by atoms with Crippen LogP contribution in [0.25, 0.3) is 0 Å². The zero-order valence-corrected chi connectivity index (χ0v) is 10.7. The quantitative estimate of drug-likeness (QED) is 0.705. The number of hydrogen-bond acceptors (Lipinski definition) is 1. The Hall–Kier alpha value is -0.790. The minimum Gasteiger partial charge on any atom is -0.329 e. The first kappa shape index (κ1) is 10.4. The molecule has 2 heteroatoms. The number of nitrogens with zero attached hydrogens (tertiary/aromatic N) is 2. The Morgan fingerprint density at radius 3 is 2.94 bits per heavy atom. The molecule has 0 aromatic carbocycles. The lowest BCUT2D eigenvalue weighted by atomic mass is 9.95. The lowest BCUT2D eigenvalue weighted by Crippen LogP contribution is -2.22. The van der Waals surface area contributed by atoms with Crippen molar-refractivity contribution in [2.45, 2.75) is 64.8 Å².